The third-order valence-corrected chi connectivity index (χ3v) is 3.64. The molecule has 1 saturated heterocycles. The maximum Gasteiger partial charge on any atom is 0.280 e. The number of nitrogens with two attached hydrogens (primary N) is 1. The highest BCUT2D eigenvalue weighted by Gasteiger charge is 2.38. The summed E-state index contributed by atoms with van der Waals surface area (Å²) in [6.45, 7) is 0. The molecule has 13 heteroatoms. The zero-order valence-corrected chi connectivity index (χ0v) is 12.5. The van der Waals surface area contributed by atoms with Crippen LogP contribution in [0.15, 0.2) is 11.1 Å². The number of hydrogen-bond donors (Lipinski definition) is 5. The van der Waals surface area contributed by atoms with Gasteiger partial charge >= 0.3 is 0 Å². The lowest BCUT2D eigenvalue weighted by atomic mass is 10.2. The molecule has 3 heterocycles. The third-order valence-electron chi connectivity index (χ3n) is 3.14. The predicted molar refractivity (Wildman–Crippen MR) is 75.5 cm³/mol. The minimum Gasteiger partial charge on any atom is -0.388 e. The number of imidazole rings is 1. The van der Waals surface area contributed by atoms with Gasteiger partial charge in [-0.15, -0.1) is 0 Å². The van der Waals surface area contributed by atoms with Crippen LogP contribution in [0.25, 0.3) is 11.2 Å². The molecular formula is C10H14N5O7P. The lowest BCUT2D eigenvalue weighted by molar-refractivity contribution is -0.318. The van der Waals surface area contributed by atoms with Gasteiger partial charge in [0.15, 0.2) is 23.7 Å². The van der Waals surface area contributed by atoms with Crippen LogP contribution in [0, 0.1) is 0 Å². The molecule has 0 aliphatic carbocycles. The Labute approximate surface area is 129 Å². The number of nitrogen functional groups attached to an aromatic ring is 1. The van der Waals surface area contributed by atoms with E-state index in [2.05, 4.69) is 19.6 Å². The first-order valence-corrected chi connectivity index (χ1v) is 7.86. The van der Waals surface area contributed by atoms with Gasteiger partial charge in [0.2, 0.25) is 14.3 Å². The number of aromatic amines is 1. The molecule has 126 valence electrons. The molecule has 0 spiro atoms. The van der Waals surface area contributed by atoms with Crippen molar-refractivity contribution in [3.8, 4) is 0 Å². The van der Waals surface area contributed by atoms with Crippen molar-refractivity contribution in [2.75, 3.05) is 12.1 Å². The summed E-state index contributed by atoms with van der Waals surface area (Å²) < 4.78 is 11.3. The summed E-state index contributed by atoms with van der Waals surface area (Å²) in [5, 5.41) is 18.7. The fraction of sp³-hybridized carbons (Fsp3) is 0.500. The van der Waals surface area contributed by atoms with Gasteiger partial charge in [0.25, 0.3) is 5.56 Å². The summed E-state index contributed by atoms with van der Waals surface area (Å²) in [5.74, 6) is -0.0956. The second kappa shape index (κ2) is 6.45. The van der Waals surface area contributed by atoms with Gasteiger partial charge in [-0.25, -0.2) is 4.98 Å². The number of hydrogen-bond acceptors (Lipinski definition) is 10. The van der Waals surface area contributed by atoms with Crippen LogP contribution in [0.1, 0.15) is 12.6 Å². The van der Waals surface area contributed by atoms with Crippen LogP contribution in [0.3, 0.4) is 0 Å². The number of H-pyrrole nitrogens is 1. The molecule has 0 aromatic carbocycles. The quantitative estimate of drug-likeness (QED) is 0.243. The molecule has 6 N–H and O–H groups in total. The molecular weight excluding hydrogens is 333 g/mol. The van der Waals surface area contributed by atoms with Gasteiger partial charge in [-0.3, -0.25) is 14.3 Å². The zero-order valence-electron chi connectivity index (χ0n) is 11.6. The Hall–Kier alpha value is -1.66. The maximum atomic E-state index is 11.7. The van der Waals surface area contributed by atoms with Gasteiger partial charge < -0.3 is 25.6 Å². The normalized spacial score (nSPS) is 26.0. The van der Waals surface area contributed by atoms with Crippen molar-refractivity contribution in [3.63, 3.8) is 0 Å². The van der Waals surface area contributed by atoms with Crippen molar-refractivity contribution in [2.24, 2.45) is 0 Å². The largest absolute Gasteiger partial charge is 0.388 e. The average molecular weight is 347 g/mol. The maximum absolute atomic E-state index is 11.7. The highest BCUT2D eigenvalue weighted by molar-refractivity contribution is 7.45. The van der Waals surface area contributed by atoms with E-state index in [-0.39, 0.29) is 23.5 Å². The molecule has 1 fully saturated rings. The first-order chi connectivity index (χ1) is 11.0. The van der Waals surface area contributed by atoms with E-state index >= 15 is 0 Å². The Kier molecular flexibility index (Phi) is 4.55. The predicted octanol–water partition coefficient (Wildman–Crippen LogP) is -1.49. The molecule has 0 radical (unpaired) electrons. The van der Waals surface area contributed by atoms with Crippen LogP contribution in [-0.2, 0) is 14.3 Å². The average Bonchev–Trinajstić information content (AvgIpc) is 3.08. The van der Waals surface area contributed by atoms with Crippen LogP contribution in [0.4, 0.5) is 5.95 Å². The number of rotatable bonds is 5. The molecule has 2 aromatic rings. The Morgan fingerprint density at radius 2 is 2.39 bits per heavy atom. The van der Waals surface area contributed by atoms with Crippen molar-refractivity contribution < 1.29 is 29.4 Å². The van der Waals surface area contributed by atoms with Gasteiger partial charge in [0.1, 0.15) is 12.5 Å². The molecule has 0 bridgehead atoms. The molecule has 23 heavy (non-hydrogen) atoms. The fourth-order valence-electron chi connectivity index (χ4n) is 2.18. The number of aromatic nitrogens is 4. The minimum absolute atomic E-state index is 0.0393. The number of aliphatic hydroxyl groups excluding tert-OH is 2. The summed E-state index contributed by atoms with van der Waals surface area (Å²) in [6, 6.07) is 0. The third kappa shape index (κ3) is 3.19. The van der Waals surface area contributed by atoms with E-state index in [0.29, 0.717) is 0 Å². The van der Waals surface area contributed by atoms with Crippen LogP contribution in [0.5, 0.6) is 0 Å². The van der Waals surface area contributed by atoms with Crippen LogP contribution < -0.4 is 11.3 Å². The van der Waals surface area contributed by atoms with E-state index in [9.17, 15) is 9.90 Å². The number of fused-ring (bicyclic) bond motifs is 1. The summed E-state index contributed by atoms with van der Waals surface area (Å²) in [6.07, 6.45) is -2.17. The second-order valence-electron chi connectivity index (χ2n) is 4.70. The van der Waals surface area contributed by atoms with Crippen LogP contribution in [0.2, 0.25) is 0 Å². The summed E-state index contributed by atoms with van der Waals surface area (Å²) >= 11 is 0. The fourth-order valence-corrected chi connectivity index (χ4v) is 2.42. The van der Waals surface area contributed by atoms with Gasteiger partial charge in [0, 0.05) is 6.42 Å². The lowest BCUT2D eigenvalue weighted by Crippen LogP contribution is -2.20. The molecule has 4 atom stereocenters. The number of nitrogens with one attached hydrogen (secondary N) is 1. The second-order valence-corrected chi connectivity index (χ2v) is 5.84. The standard InChI is InChI=1S/C10H14N5O7P/c11-10-13-7-6(8(18)14-10)12-2-15(7)9-4(17)1-5(20-9)21-22-23(19)3-16/h2,4-5,9,16-17,19H,1,3H2,(H3,11,13,14,18)/t4?,5-,9-,23?/m1/s1. The monoisotopic (exact) mass is 347 g/mol. The molecule has 1 aliphatic rings. The van der Waals surface area contributed by atoms with Crippen LogP contribution in [-0.4, -0.2) is 53.4 Å². The van der Waals surface area contributed by atoms with Gasteiger partial charge in [-0.2, -0.15) is 14.5 Å². The van der Waals surface area contributed by atoms with E-state index in [1.165, 1.54) is 10.9 Å². The zero-order chi connectivity index (χ0) is 16.6. The smallest absolute Gasteiger partial charge is 0.280 e. The lowest BCUT2D eigenvalue weighted by Gasteiger charge is -2.16. The van der Waals surface area contributed by atoms with Crippen molar-refractivity contribution in [3.05, 3.63) is 16.7 Å². The molecule has 2 aromatic heterocycles. The van der Waals surface area contributed by atoms with Gasteiger partial charge in [-0.1, -0.05) is 0 Å². The number of aliphatic hydroxyl groups is 2. The highest BCUT2D eigenvalue weighted by Crippen LogP contribution is 2.35. The Morgan fingerprint density at radius 3 is 3.13 bits per heavy atom. The first-order valence-electron chi connectivity index (χ1n) is 6.46. The topological polar surface area (TPSA) is 178 Å². The number of anilines is 1. The Balaban J connectivity index is 1.81. The molecule has 1 aliphatic heterocycles. The number of ether oxygens (including phenoxy) is 1. The van der Waals surface area contributed by atoms with Crippen molar-refractivity contribution >= 4 is 25.5 Å². The van der Waals surface area contributed by atoms with Crippen molar-refractivity contribution in [1.29, 1.82) is 0 Å². The molecule has 0 amide bonds. The van der Waals surface area contributed by atoms with E-state index in [1.54, 1.807) is 0 Å². The van der Waals surface area contributed by atoms with Gasteiger partial charge in [-0.05, 0) is 0 Å². The van der Waals surface area contributed by atoms with E-state index in [1.807, 2.05) is 0 Å². The highest BCUT2D eigenvalue weighted by atomic mass is 31.2. The number of nitrogens with zero attached hydrogens (tertiary/aromatic N) is 3. The van der Waals surface area contributed by atoms with Gasteiger partial charge in [0.05, 0.1) is 6.33 Å². The first kappa shape index (κ1) is 16.2. The molecule has 0 saturated carbocycles. The summed E-state index contributed by atoms with van der Waals surface area (Å²) in [7, 11) is -2.13. The summed E-state index contributed by atoms with van der Waals surface area (Å²) in [4.78, 5) is 35.9. The molecule has 3 rings (SSSR count). The minimum atomic E-state index is -2.13. The molecule has 2 unspecified atom stereocenters. The Morgan fingerprint density at radius 1 is 1.61 bits per heavy atom. The van der Waals surface area contributed by atoms with E-state index in [0.717, 1.165) is 0 Å². The Bertz CT molecular complexity index is 751. The van der Waals surface area contributed by atoms with Crippen molar-refractivity contribution in [2.45, 2.75) is 25.0 Å². The van der Waals surface area contributed by atoms with Crippen molar-refractivity contribution in [1.82, 2.24) is 19.5 Å². The van der Waals surface area contributed by atoms with Crippen LogP contribution >= 0.6 is 8.38 Å². The summed E-state index contributed by atoms with van der Waals surface area (Å²) in [5.41, 5.74) is 5.19. The molecule has 12 nitrogen and oxygen atoms in total. The SMILES string of the molecule is Nc1nc2c(ncn2[C@@H]2O[C@H](OOP(O)CO)CC2O)c(=O)[nH]1. The van der Waals surface area contributed by atoms with E-state index in [4.69, 9.17) is 25.4 Å². The van der Waals surface area contributed by atoms with E-state index < -0.39 is 38.9 Å².